The number of aliphatic imine (C=N–C) groups is 1. The Balaban J connectivity index is 1.91. The number of cyclic esters (lactones) is 1. The van der Waals surface area contributed by atoms with Gasteiger partial charge in [0.1, 0.15) is 5.82 Å². The molecule has 0 aromatic heterocycles. The average molecular weight is 544 g/mol. The molecule has 3 aromatic rings. The Hall–Kier alpha value is -3.37. The van der Waals surface area contributed by atoms with Gasteiger partial charge in [0.25, 0.3) is 0 Å². The van der Waals surface area contributed by atoms with Gasteiger partial charge in [-0.05, 0) is 48.7 Å². The van der Waals surface area contributed by atoms with E-state index in [1.807, 2.05) is 0 Å². The lowest BCUT2D eigenvalue weighted by molar-refractivity contribution is -0.139. The van der Waals surface area contributed by atoms with Gasteiger partial charge in [0.2, 0.25) is 5.90 Å². The molecule has 0 saturated heterocycles. The third-order valence-corrected chi connectivity index (χ3v) is 11.2. The molecule has 1 atom stereocenters. The molecule has 0 N–H and O–H groups in total. The maximum absolute atomic E-state index is 14.5. The fraction of sp³-hybridized carbons (Fsp3) is 0.259. The molecule has 7 nitrogen and oxygen atoms in total. The number of sulfone groups is 2. The lowest BCUT2D eigenvalue weighted by Gasteiger charge is -2.28. The van der Waals surface area contributed by atoms with E-state index in [4.69, 9.17) is 4.74 Å². The number of hydrogen-bond acceptors (Lipinski definition) is 7. The number of esters is 1. The highest BCUT2D eigenvalue weighted by Crippen LogP contribution is 2.40. The molecule has 0 spiro atoms. The van der Waals surface area contributed by atoms with Crippen LogP contribution in [0.15, 0.2) is 99.7 Å². The van der Waals surface area contributed by atoms with Crippen molar-refractivity contribution in [2.24, 2.45) is 10.9 Å². The van der Waals surface area contributed by atoms with Crippen LogP contribution >= 0.6 is 0 Å². The summed E-state index contributed by atoms with van der Waals surface area (Å²) in [6.45, 7) is 3.58. The predicted octanol–water partition coefficient (Wildman–Crippen LogP) is 4.58. The highest BCUT2D eigenvalue weighted by atomic mass is 32.3. The van der Waals surface area contributed by atoms with Gasteiger partial charge >= 0.3 is 5.97 Å². The zero-order chi connectivity index (χ0) is 26.8. The van der Waals surface area contributed by atoms with Crippen LogP contribution in [0.1, 0.15) is 32.3 Å². The van der Waals surface area contributed by atoms with Crippen molar-refractivity contribution in [2.45, 2.75) is 46.6 Å². The molecular weight excluding hydrogens is 517 g/mol. The standard InChI is InChI=1S/C27H26FNO6S2/c1-19(2)17-27(26(30)35-25(29-27)22-15-9-10-16-23(22)28)18-24(36(31,32)20-11-5-3-6-12-20)37(33,34)21-13-7-4-8-14-21/h3-16,19,24H,17-18H2,1-2H3/t27-/m1/s1. The van der Waals surface area contributed by atoms with Gasteiger partial charge in [-0.3, -0.25) is 0 Å². The van der Waals surface area contributed by atoms with Gasteiger partial charge in [-0.25, -0.2) is 31.0 Å². The summed E-state index contributed by atoms with van der Waals surface area (Å²) in [4.78, 5) is 17.3. The third kappa shape index (κ3) is 5.21. The second-order valence-electron chi connectivity index (χ2n) is 9.27. The molecular formula is C27H26FNO6S2. The smallest absolute Gasteiger partial charge is 0.340 e. The number of rotatable bonds is 9. The largest absolute Gasteiger partial charge is 0.405 e. The zero-order valence-electron chi connectivity index (χ0n) is 20.2. The van der Waals surface area contributed by atoms with E-state index in [-0.39, 0.29) is 33.6 Å². The van der Waals surface area contributed by atoms with E-state index in [0.29, 0.717) is 0 Å². The van der Waals surface area contributed by atoms with Crippen molar-refractivity contribution >= 4 is 31.5 Å². The number of carbonyl (C=O) groups is 1. The van der Waals surface area contributed by atoms with Gasteiger partial charge in [-0.1, -0.05) is 62.4 Å². The van der Waals surface area contributed by atoms with E-state index in [1.54, 1.807) is 32.0 Å². The molecule has 1 aliphatic heterocycles. The van der Waals surface area contributed by atoms with Crippen LogP contribution in [0.3, 0.4) is 0 Å². The Bertz CT molecular complexity index is 1470. The first kappa shape index (κ1) is 26.7. The maximum Gasteiger partial charge on any atom is 0.340 e. The molecule has 4 rings (SSSR count). The fourth-order valence-corrected chi connectivity index (χ4v) is 9.07. The van der Waals surface area contributed by atoms with Crippen molar-refractivity contribution in [3.63, 3.8) is 0 Å². The molecule has 0 saturated carbocycles. The minimum absolute atomic E-state index is 0.00505. The minimum atomic E-state index is -4.52. The van der Waals surface area contributed by atoms with Gasteiger partial charge < -0.3 is 4.74 Å². The Morgan fingerprint density at radius 2 is 1.27 bits per heavy atom. The van der Waals surface area contributed by atoms with E-state index in [0.717, 1.165) is 0 Å². The highest BCUT2D eigenvalue weighted by Gasteiger charge is 2.54. The lowest BCUT2D eigenvalue weighted by Crippen LogP contribution is -2.44. The molecule has 0 bridgehead atoms. The van der Waals surface area contributed by atoms with Gasteiger partial charge in [-0.15, -0.1) is 0 Å². The monoisotopic (exact) mass is 543 g/mol. The normalized spacial score (nSPS) is 18.2. The van der Waals surface area contributed by atoms with E-state index >= 15 is 0 Å². The van der Waals surface area contributed by atoms with Crippen molar-refractivity contribution in [1.29, 1.82) is 0 Å². The second kappa shape index (κ2) is 10.2. The number of hydrogen-bond donors (Lipinski definition) is 0. The molecule has 0 amide bonds. The summed E-state index contributed by atoms with van der Waals surface area (Å²) >= 11 is 0. The lowest BCUT2D eigenvalue weighted by atomic mass is 9.87. The Morgan fingerprint density at radius 3 is 1.76 bits per heavy atom. The molecule has 0 fully saturated rings. The van der Waals surface area contributed by atoms with Crippen molar-refractivity contribution in [3.05, 3.63) is 96.3 Å². The summed E-state index contributed by atoms with van der Waals surface area (Å²) in [5.41, 5.74) is -1.94. The van der Waals surface area contributed by atoms with Crippen molar-refractivity contribution < 1.29 is 30.8 Å². The predicted molar refractivity (Wildman–Crippen MR) is 137 cm³/mol. The quantitative estimate of drug-likeness (QED) is 0.366. The first-order chi connectivity index (χ1) is 17.5. The molecule has 0 unspecified atom stereocenters. The fourth-order valence-electron chi connectivity index (χ4n) is 4.40. The van der Waals surface area contributed by atoms with Crippen LogP contribution in [0.2, 0.25) is 0 Å². The van der Waals surface area contributed by atoms with Crippen LogP contribution in [0.25, 0.3) is 0 Å². The minimum Gasteiger partial charge on any atom is -0.405 e. The molecule has 1 heterocycles. The summed E-state index contributed by atoms with van der Waals surface area (Å²) in [5.74, 6) is -2.11. The van der Waals surface area contributed by atoms with Gasteiger partial charge in [0.15, 0.2) is 29.8 Å². The highest BCUT2D eigenvalue weighted by molar-refractivity contribution is 8.09. The summed E-state index contributed by atoms with van der Waals surface area (Å²) in [6, 6.07) is 20.0. The Labute approximate surface area is 215 Å². The van der Waals surface area contributed by atoms with E-state index < -0.39 is 48.0 Å². The Morgan fingerprint density at radius 1 is 0.784 bits per heavy atom. The van der Waals surface area contributed by atoms with Crippen LogP contribution in [-0.4, -0.2) is 38.8 Å². The number of nitrogens with zero attached hydrogens (tertiary/aromatic N) is 1. The first-order valence-electron chi connectivity index (χ1n) is 11.6. The average Bonchev–Trinajstić information content (AvgIpc) is 3.18. The first-order valence-corrected chi connectivity index (χ1v) is 14.7. The van der Waals surface area contributed by atoms with E-state index in [2.05, 4.69) is 4.99 Å². The van der Waals surface area contributed by atoms with Gasteiger partial charge in [0.05, 0.1) is 15.4 Å². The number of halogens is 1. The van der Waals surface area contributed by atoms with Gasteiger partial charge in [-0.2, -0.15) is 0 Å². The van der Waals surface area contributed by atoms with E-state index in [1.165, 1.54) is 66.7 Å². The summed E-state index contributed by atoms with van der Waals surface area (Å²) < 4.78 is 73.2. The zero-order valence-corrected chi connectivity index (χ0v) is 21.9. The molecule has 194 valence electrons. The van der Waals surface area contributed by atoms with Gasteiger partial charge in [0, 0.05) is 6.42 Å². The van der Waals surface area contributed by atoms with Crippen LogP contribution in [0, 0.1) is 11.7 Å². The third-order valence-electron chi connectivity index (χ3n) is 6.08. The Kier molecular flexibility index (Phi) is 7.34. The number of benzene rings is 3. The van der Waals surface area contributed by atoms with Crippen LogP contribution in [0.4, 0.5) is 4.39 Å². The number of ether oxygens (including phenoxy) is 1. The molecule has 0 radical (unpaired) electrons. The molecule has 0 aliphatic carbocycles. The van der Waals surface area contributed by atoms with Crippen molar-refractivity contribution in [3.8, 4) is 0 Å². The van der Waals surface area contributed by atoms with Crippen molar-refractivity contribution in [1.82, 2.24) is 0 Å². The summed E-state index contributed by atoms with van der Waals surface area (Å²) in [5, 5.41) is 0. The molecule has 1 aliphatic rings. The number of carbonyl (C=O) groups excluding carboxylic acids is 1. The van der Waals surface area contributed by atoms with Crippen molar-refractivity contribution in [2.75, 3.05) is 0 Å². The summed E-state index contributed by atoms with van der Waals surface area (Å²) in [6.07, 6.45) is -0.703. The maximum atomic E-state index is 14.5. The van der Waals surface area contributed by atoms with Crippen LogP contribution < -0.4 is 0 Å². The second-order valence-corrected chi connectivity index (χ2v) is 13.8. The molecule has 37 heavy (non-hydrogen) atoms. The van der Waals surface area contributed by atoms with E-state index in [9.17, 15) is 26.0 Å². The SMILES string of the molecule is CC(C)C[C@]1(CC(S(=O)(=O)c2ccccc2)S(=O)(=O)c2ccccc2)N=C(c2ccccc2F)OC1=O. The molecule has 10 heteroatoms. The van der Waals surface area contributed by atoms with Crippen LogP contribution in [0.5, 0.6) is 0 Å². The topological polar surface area (TPSA) is 107 Å². The van der Waals surface area contributed by atoms with Crippen LogP contribution in [-0.2, 0) is 29.2 Å². The molecule has 3 aromatic carbocycles. The summed E-state index contributed by atoms with van der Waals surface area (Å²) in [7, 11) is -9.04.